The number of aryl methyl sites for hydroxylation is 1. The largest absolute Gasteiger partial charge is 0.393 e. The van der Waals surface area contributed by atoms with Gasteiger partial charge < -0.3 is 20.6 Å². The Morgan fingerprint density at radius 2 is 1.97 bits per heavy atom. The molecule has 0 aliphatic heterocycles. The van der Waals surface area contributed by atoms with Gasteiger partial charge in [-0.25, -0.2) is 0 Å². The third-order valence-electron chi connectivity index (χ3n) is 5.77. The Bertz CT molecular complexity index is 673. The molecule has 1 unspecified atom stereocenters. The Kier molecular flexibility index (Phi) is 10.8. The van der Waals surface area contributed by atoms with Crippen LogP contribution < -0.4 is 5.32 Å². The summed E-state index contributed by atoms with van der Waals surface area (Å²) in [4.78, 5) is 11.4. The lowest BCUT2D eigenvalue weighted by molar-refractivity contribution is -0.121. The highest BCUT2D eigenvalue weighted by atomic mass is 16.3. The van der Waals surface area contributed by atoms with Gasteiger partial charge in [-0.3, -0.25) is 4.79 Å². The van der Waals surface area contributed by atoms with Crippen molar-refractivity contribution in [3.8, 4) is 0 Å². The Labute approximate surface area is 180 Å². The first-order chi connectivity index (χ1) is 14.5. The molecule has 0 saturated heterocycles. The third kappa shape index (κ3) is 8.42. The fourth-order valence-electron chi connectivity index (χ4n) is 4.06. The first-order valence-corrected chi connectivity index (χ1v) is 11.2. The summed E-state index contributed by atoms with van der Waals surface area (Å²) < 4.78 is 0. The zero-order valence-corrected chi connectivity index (χ0v) is 18.0. The molecule has 30 heavy (non-hydrogen) atoms. The van der Waals surface area contributed by atoms with Crippen molar-refractivity contribution in [2.24, 2.45) is 11.8 Å². The molecule has 5 atom stereocenters. The summed E-state index contributed by atoms with van der Waals surface area (Å²) >= 11 is 0. The summed E-state index contributed by atoms with van der Waals surface area (Å²) in [6.07, 6.45) is 10.6. The number of hydrogen-bond acceptors (Lipinski definition) is 4. The number of amides is 1. The minimum absolute atomic E-state index is 0.0581. The predicted octanol–water partition coefficient (Wildman–Crippen LogP) is 3.15. The lowest BCUT2D eigenvalue weighted by Gasteiger charge is -2.19. The van der Waals surface area contributed by atoms with Crippen LogP contribution >= 0.6 is 0 Å². The van der Waals surface area contributed by atoms with Gasteiger partial charge in [0.25, 0.3) is 0 Å². The summed E-state index contributed by atoms with van der Waals surface area (Å²) in [5.74, 6) is -0.139. The van der Waals surface area contributed by atoms with Gasteiger partial charge in [-0.2, -0.15) is 0 Å². The second-order valence-corrected chi connectivity index (χ2v) is 8.14. The summed E-state index contributed by atoms with van der Waals surface area (Å²) in [5, 5.41) is 33.8. The number of hydrogen-bond donors (Lipinski definition) is 4. The van der Waals surface area contributed by atoms with Crippen molar-refractivity contribution >= 4 is 5.91 Å². The molecule has 5 nitrogen and oxygen atoms in total. The van der Waals surface area contributed by atoms with E-state index >= 15 is 0 Å². The highest BCUT2D eigenvalue weighted by molar-refractivity contribution is 5.75. The molecule has 1 fully saturated rings. The van der Waals surface area contributed by atoms with E-state index in [4.69, 9.17) is 0 Å². The molecule has 166 valence electrons. The van der Waals surface area contributed by atoms with E-state index in [-0.39, 0.29) is 17.7 Å². The zero-order chi connectivity index (χ0) is 21.8. The van der Waals surface area contributed by atoms with Crippen molar-refractivity contribution in [3.05, 3.63) is 60.2 Å². The SMILES string of the molecule is CCNC(=O)CCC/C=C\C[C@H]1C(O)C[C@@H](O)[C@@H]1/C=C/[C@@H](O)CCc1ccccc1. The van der Waals surface area contributed by atoms with Gasteiger partial charge >= 0.3 is 0 Å². The Balaban J connectivity index is 1.78. The van der Waals surface area contributed by atoms with Crippen LogP contribution in [0.15, 0.2) is 54.6 Å². The molecule has 1 saturated carbocycles. The third-order valence-corrected chi connectivity index (χ3v) is 5.77. The van der Waals surface area contributed by atoms with E-state index in [0.717, 1.165) is 19.3 Å². The molecular weight excluding hydrogens is 378 g/mol. The molecule has 0 bridgehead atoms. The van der Waals surface area contributed by atoms with Crippen LogP contribution in [0, 0.1) is 11.8 Å². The highest BCUT2D eigenvalue weighted by Crippen LogP contribution is 2.36. The standard InChI is InChI=1S/C25H37NO4/c1-2-26-25(30)13-9-4-3-8-12-21-22(24(29)18-23(21)28)17-16-20(27)15-14-19-10-6-5-7-11-19/h3,5-8,10-11,16-17,20-24,27-29H,2,4,9,12-15,18H2,1H3,(H,26,30)/b8-3-,17-16+/t20-,21+,22+,23?,24+/m0/s1. The molecule has 1 amide bonds. The van der Waals surface area contributed by atoms with Crippen molar-refractivity contribution < 1.29 is 20.1 Å². The second-order valence-electron chi connectivity index (χ2n) is 8.14. The number of benzene rings is 1. The minimum atomic E-state index is -0.589. The molecular formula is C25H37NO4. The summed E-state index contributed by atoms with van der Waals surface area (Å²) in [6.45, 7) is 2.57. The Morgan fingerprint density at radius 1 is 1.20 bits per heavy atom. The van der Waals surface area contributed by atoms with Gasteiger partial charge in [-0.05, 0) is 50.5 Å². The molecule has 1 aliphatic carbocycles. The lowest BCUT2D eigenvalue weighted by Crippen LogP contribution is -2.21. The van der Waals surface area contributed by atoms with Crippen LogP contribution in [0.4, 0.5) is 0 Å². The molecule has 5 heteroatoms. The van der Waals surface area contributed by atoms with Gasteiger partial charge in [0, 0.05) is 25.3 Å². The topological polar surface area (TPSA) is 89.8 Å². The minimum Gasteiger partial charge on any atom is -0.393 e. The van der Waals surface area contributed by atoms with Gasteiger partial charge in [0.2, 0.25) is 5.91 Å². The van der Waals surface area contributed by atoms with E-state index in [1.165, 1.54) is 5.56 Å². The normalized spacial score (nSPS) is 25.2. The quantitative estimate of drug-likeness (QED) is 0.312. The lowest BCUT2D eigenvalue weighted by atomic mass is 9.89. The average Bonchev–Trinajstić information content (AvgIpc) is 3.00. The Morgan fingerprint density at radius 3 is 2.70 bits per heavy atom. The van der Waals surface area contributed by atoms with E-state index in [0.29, 0.717) is 32.2 Å². The van der Waals surface area contributed by atoms with Crippen molar-refractivity contribution in [3.63, 3.8) is 0 Å². The maximum Gasteiger partial charge on any atom is 0.219 e. The van der Waals surface area contributed by atoms with E-state index in [1.807, 2.05) is 55.5 Å². The van der Waals surface area contributed by atoms with Crippen LogP contribution in [0.2, 0.25) is 0 Å². The van der Waals surface area contributed by atoms with Crippen molar-refractivity contribution in [1.82, 2.24) is 5.32 Å². The van der Waals surface area contributed by atoms with Gasteiger partial charge in [0.05, 0.1) is 18.3 Å². The number of carbonyl (C=O) groups excluding carboxylic acids is 1. The fourth-order valence-corrected chi connectivity index (χ4v) is 4.06. The van der Waals surface area contributed by atoms with Crippen LogP contribution in [-0.2, 0) is 11.2 Å². The monoisotopic (exact) mass is 415 g/mol. The summed E-state index contributed by atoms with van der Waals surface area (Å²) in [7, 11) is 0. The number of carbonyl (C=O) groups is 1. The van der Waals surface area contributed by atoms with Crippen molar-refractivity contribution in [2.75, 3.05) is 6.54 Å². The number of rotatable bonds is 12. The van der Waals surface area contributed by atoms with Crippen LogP contribution in [0.5, 0.6) is 0 Å². The predicted molar refractivity (Wildman–Crippen MR) is 120 cm³/mol. The maximum absolute atomic E-state index is 11.4. The number of aliphatic hydroxyl groups is 3. The number of nitrogens with one attached hydrogen (secondary N) is 1. The molecule has 1 aromatic carbocycles. The van der Waals surface area contributed by atoms with Gasteiger partial charge in [0.1, 0.15) is 0 Å². The molecule has 4 N–H and O–H groups in total. The molecule has 0 spiro atoms. The first kappa shape index (κ1) is 24.3. The van der Waals surface area contributed by atoms with E-state index < -0.39 is 18.3 Å². The summed E-state index contributed by atoms with van der Waals surface area (Å²) in [5.41, 5.74) is 1.19. The van der Waals surface area contributed by atoms with Crippen molar-refractivity contribution in [2.45, 2.75) is 70.2 Å². The number of unbranched alkanes of at least 4 members (excludes halogenated alkanes) is 1. The van der Waals surface area contributed by atoms with Crippen LogP contribution in [0.25, 0.3) is 0 Å². The molecule has 2 rings (SSSR count). The second kappa shape index (κ2) is 13.4. The zero-order valence-electron chi connectivity index (χ0n) is 18.0. The first-order valence-electron chi connectivity index (χ1n) is 11.2. The van der Waals surface area contributed by atoms with Crippen LogP contribution in [0.3, 0.4) is 0 Å². The average molecular weight is 416 g/mol. The fraction of sp³-hybridized carbons (Fsp3) is 0.560. The number of allylic oxidation sites excluding steroid dienone is 2. The molecule has 1 aliphatic rings. The molecule has 0 aromatic heterocycles. The van der Waals surface area contributed by atoms with Crippen molar-refractivity contribution in [1.29, 1.82) is 0 Å². The smallest absolute Gasteiger partial charge is 0.219 e. The van der Waals surface area contributed by atoms with Gasteiger partial charge in [-0.15, -0.1) is 0 Å². The molecule has 0 radical (unpaired) electrons. The summed E-state index contributed by atoms with van der Waals surface area (Å²) in [6, 6.07) is 10.1. The molecule has 0 heterocycles. The van der Waals surface area contributed by atoms with Crippen LogP contribution in [-0.4, -0.2) is 46.1 Å². The van der Waals surface area contributed by atoms with E-state index in [1.54, 1.807) is 6.08 Å². The molecule has 1 aromatic rings. The van der Waals surface area contributed by atoms with Gasteiger partial charge in [-0.1, -0.05) is 54.6 Å². The highest BCUT2D eigenvalue weighted by Gasteiger charge is 2.39. The Hall–Kier alpha value is -1.95. The number of aliphatic hydroxyl groups excluding tert-OH is 3. The van der Waals surface area contributed by atoms with Gasteiger partial charge in [0.15, 0.2) is 0 Å². The maximum atomic E-state index is 11.4. The van der Waals surface area contributed by atoms with Crippen LogP contribution in [0.1, 0.15) is 51.0 Å². The van der Waals surface area contributed by atoms with E-state index in [2.05, 4.69) is 5.32 Å². The van der Waals surface area contributed by atoms with E-state index in [9.17, 15) is 20.1 Å².